The lowest BCUT2D eigenvalue weighted by molar-refractivity contribution is -0.139. The Morgan fingerprint density at radius 1 is 1.82 bits per heavy atom. The Hall–Kier alpha value is -0.610. The van der Waals surface area contributed by atoms with Crippen LogP contribution in [0.4, 0.5) is 0 Å². The Kier molecular flexibility index (Phi) is 5.78. The van der Waals surface area contributed by atoms with Crippen molar-refractivity contribution in [2.45, 2.75) is 25.8 Å². The molecular formula is C7H16N2O2. The minimum atomic E-state index is -0.720. The van der Waals surface area contributed by atoms with E-state index in [2.05, 4.69) is 5.32 Å². The number of carboxylic acid groups (broad SMARTS) is 1. The third-order valence-electron chi connectivity index (χ3n) is 1.36. The number of rotatable bonds is 1. The van der Waals surface area contributed by atoms with Gasteiger partial charge in [0.05, 0.1) is 0 Å². The summed E-state index contributed by atoms with van der Waals surface area (Å²) in [4.78, 5) is 10.1. The van der Waals surface area contributed by atoms with Gasteiger partial charge in [-0.2, -0.15) is 0 Å². The molecule has 0 unspecified atom stereocenters. The molecule has 0 radical (unpaired) electrons. The molecule has 0 aromatic rings. The fourth-order valence-electron chi connectivity index (χ4n) is 0.895. The first-order valence-corrected chi connectivity index (χ1v) is 3.88. The molecule has 1 atom stereocenters. The number of hydrogen-bond donors (Lipinski definition) is 3. The molecule has 11 heavy (non-hydrogen) atoms. The zero-order valence-electron chi connectivity index (χ0n) is 6.84. The largest absolute Gasteiger partial charge is 0.480 e. The molecule has 4 nitrogen and oxygen atoms in total. The van der Waals surface area contributed by atoms with Crippen LogP contribution >= 0.6 is 0 Å². The van der Waals surface area contributed by atoms with Crippen molar-refractivity contribution in [3.63, 3.8) is 0 Å². The molecule has 0 aliphatic carbocycles. The predicted octanol–water partition coefficient (Wildman–Crippen LogP) is -0.212. The predicted molar refractivity (Wildman–Crippen MR) is 43.4 cm³/mol. The molecule has 4 N–H and O–H groups in total. The molecule has 1 rings (SSSR count). The van der Waals surface area contributed by atoms with Crippen LogP contribution in [-0.4, -0.2) is 30.2 Å². The maximum atomic E-state index is 10.1. The summed E-state index contributed by atoms with van der Waals surface area (Å²) in [5.74, 6) is -0.720. The number of aliphatic carboxylic acids is 1. The van der Waals surface area contributed by atoms with E-state index in [1.807, 2.05) is 6.92 Å². The van der Waals surface area contributed by atoms with Crippen molar-refractivity contribution < 1.29 is 9.90 Å². The lowest BCUT2D eigenvalue weighted by atomic mass is 10.2. The van der Waals surface area contributed by atoms with E-state index in [0.29, 0.717) is 0 Å². The van der Waals surface area contributed by atoms with E-state index in [-0.39, 0.29) is 6.04 Å². The number of carboxylic acids is 1. The van der Waals surface area contributed by atoms with E-state index in [4.69, 9.17) is 10.8 Å². The van der Waals surface area contributed by atoms with Gasteiger partial charge in [0, 0.05) is 0 Å². The molecule has 0 amide bonds. The monoisotopic (exact) mass is 160 g/mol. The number of nitrogens with one attached hydrogen (secondary N) is 1. The summed E-state index contributed by atoms with van der Waals surface area (Å²) < 4.78 is 0. The van der Waals surface area contributed by atoms with Crippen molar-refractivity contribution in [1.29, 1.82) is 0 Å². The Labute approximate surface area is 66.8 Å². The third-order valence-corrected chi connectivity index (χ3v) is 1.36. The summed E-state index contributed by atoms with van der Waals surface area (Å²) in [5.41, 5.74) is 4.85. The average molecular weight is 160 g/mol. The van der Waals surface area contributed by atoms with Crippen LogP contribution in [0.1, 0.15) is 19.8 Å². The Morgan fingerprint density at radius 3 is 2.55 bits per heavy atom. The van der Waals surface area contributed by atoms with Crippen molar-refractivity contribution in [2.75, 3.05) is 13.1 Å². The zero-order valence-corrected chi connectivity index (χ0v) is 6.84. The van der Waals surface area contributed by atoms with Gasteiger partial charge in [0.1, 0.15) is 6.04 Å². The van der Waals surface area contributed by atoms with Crippen LogP contribution in [0, 0.1) is 0 Å². The molecule has 0 spiro atoms. The van der Waals surface area contributed by atoms with Gasteiger partial charge in [0.15, 0.2) is 0 Å². The van der Waals surface area contributed by atoms with Crippen LogP contribution in [0.5, 0.6) is 0 Å². The first-order valence-electron chi connectivity index (χ1n) is 3.88. The van der Waals surface area contributed by atoms with Crippen molar-refractivity contribution in [3.8, 4) is 0 Å². The lowest BCUT2D eigenvalue weighted by Crippen LogP contribution is -2.29. The van der Waals surface area contributed by atoms with Crippen LogP contribution in [0.15, 0.2) is 0 Å². The van der Waals surface area contributed by atoms with E-state index in [1.165, 1.54) is 0 Å². The molecule has 0 saturated carbocycles. The highest BCUT2D eigenvalue weighted by molar-refractivity contribution is 5.73. The molecule has 4 heteroatoms. The van der Waals surface area contributed by atoms with Gasteiger partial charge >= 0.3 is 5.97 Å². The van der Waals surface area contributed by atoms with E-state index >= 15 is 0 Å². The van der Waals surface area contributed by atoms with E-state index < -0.39 is 5.97 Å². The van der Waals surface area contributed by atoms with Crippen LogP contribution in [0.2, 0.25) is 0 Å². The number of carbonyl (C=O) groups is 1. The van der Waals surface area contributed by atoms with Crippen LogP contribution in [-0.2, 0) is 4.79 Å². The van der Waals surface area contributed by atoms with Crippen molar-refractivity contribution in [2.24, 2.45) is 5.73 Å². The molecule has 0 aromatic heterocycles. The fraction of sp³-hybridized carbons (Fsp3) is 0.857. The van der Waals surface area contributed by atoms with Crippen molar-refractivity contribution in [3.05, 3.63) is 0 Å². The first kappa shape index (κ1) is 10.4. The second-order valence-corrected chi connectivity index (χ2v) is 2.40. The molecule has 1 fully saturated rings. The normalized spacial score (nSPS) is 22.2. The molecular weight excluding hydrogens is 144 g/mol. The third kappa shape index (κ3) is 4.75. The Morgan fingerprint density at radius 2 is 2.36 bits per heavy atom. The highest BCUT2D eigenvalue weighted by Crippen LogP contribution is 2.03. The molecule has 0 aromatic carbocycles. The molecule has 66 valence electrons. The summed E-state index contributed by atoms with van der Waals surface area (Å²) in [5, 5.41) is 11.2. The van der Waals surface area contributed by atoms with Crippen LogP contribution in [0.25, 0.3) is 0 Å². The quantitative estimate of drug-likeness (QED) is 0.496. The SMILES string of the molecule is CCN.O=C(O)[C@@H]1CCCN1. The van der Waals surface area contributed by atoms with Gasteiger partial charge in [-0.1, -0.05) is 6.92 Å². The zero-order chi connectivity index (χ0) is 8.69. The highest BCUT2D eigenvalue weighted by atomic mass is 16.4. The van der Waals surface area contributed by atoms with Crippen molar-refractivity contribution >= 4 is 5.97 Å². The maximum absolute atomic E-state index is 10.1. The van der Waals surface area contributed by atoms with Gasteiger partial charge in [0.2, 0.25) is 0 Å². The Balaban J connectivity index is 0.000000292. The van der Waals surface area contributed by atoms with Gasteiger partial charge in [-0.3, -0.25) is 4.79 Å². The average Bonchev–Trinajstić information content (AvgIpc) is 2.38. The minimum Gasteiger partial charge on any atom is -0.480 e. The van der Waals surface area contributed by atoms with Crippen LogP contribution in [0.3, 0.4) is 0 Å². The number of nitrogens with two attached hydrogens (primary N) is 1. The van der Waals surface area contributed by atoms with Gasteiger partial charge in [-0.15, -0.1) is 0 Å². The Bertz CT molecular complexity index is 111. The second kappa shape index (κ2) is 6.12. The summed E-state index contributed by atoms with van der Waals surface area (Å²) in [6, 6.07) is -0.269. The maximum Gasteiger partial charge on any atom is 0.320 e. The highest BCUT2D eigenvalue weighted by Gasteiger charge is 2.20. The second-order valence-electron chi connectivity index (χ2n) is 2.40. The van der Waals surface area contributed by atoms with Crippen LogP contribution < -0.4 is 11.1 Å². The molecule has 1 aliphatic heterocycles. The van der Waals surface area contributed by atoms with Gasteiger partial charge in [0.25, 0.3) is 0 Å². The van der Waals surface area contributed by atoms with E-state index in [1.54, 1.807) is 0 Å². The van der Waals surface area contributed by atoms with E-state index in [9.17, 15) is 4.79 Å². The van der Waals surface area contributed by atoms with Gasteiger partial charge < -0.3 is 16.2 Å². The smallest absolute Gasteiger partial charge is 0.320 e. The lowest BCUT2D eigenvalue weighted by Gasteiger charge is -1.99. The number of hydrogen-bond acceptors (Lipinski definition) is 3. The minimum absolute atomic E-state index is 0.269. The molecule has 0 bridgehead atoms. The van der Waals surface area contributed by atoms with Gasteiger partial charge in [-0.05, 0) is 25.9 Å². The standard InChI is InChI=1S/C5H9NO2.C2H7N/c7-5(8)4-2-1-3-6-4;1-2-3/h4,6H,1-3H2,(H,7,8);2-3H2,1H3/t4-;/m0./s1. The molecule has 1 heterocycles. The van der Waals surface area contributed by atoms with E-state index in [0.717, 1.165) is 25.9 Å². The molecule has 1 aliphatic rings. The van der Waals surface area contributed by atoms with Gasteiger partial charge in [-0.25, -0.2) is 0 Å². The fourth-order valence-corrected chi connectivity index (χ4v) is 0.895. The summed E-state index contributed by atoms with van der Waals surface area (Å²) in [6.45, 7) is 3.51. The first-order chi connectivity index (χ1) is 5.22. The molecule has 1 saturated heterocycles. The topological polar surface area (TPSA) is 75.4 Å². The summed E-state index contributed by atoms with van der Waals surface area (Å²) >= 11 is 0. The summed E-state index contributed by atoms with van der Waals surface area (Å²) in [6.07, 6.45) is 1.78. The van der Waals surface area contributed by atoms with Crippen molar-refractivity contribution in [1.82, 2.24) is 5.32 Å². The summed E-state index contributed by atoms with van der Waals surface area (Å²) in [7, 11) is 0.